The van der Waals surface area contributed by atoms with Crippen LogP contribution in [0.15, 0.2) is 16.7 Å². The van der Waals surface area contributed by atoms with Crippen LogP contribution in [0.4, 0.5) is 14.5 Å². The molecular formula is C12H11F2N3O3. The van der Waals surface area contributed by atoms with Crippen LogP contribution >= 0.6 is 0 Å². The zero-order valence-corrected chi connectivity index (χ0v) is 10.5. The van der Waals surface area contributed by atoms with Crippen LogP contribution in [0.1, 0.15) is 22.1 Å². The third kappa shape index (κ3) is 3.08. The molecule has 0 aliphatic carbocycles. The first-order valence-corrected chi connectivity index (χ1v) is 5.73. The molecule has 6 nitrogen and oxygen atoms in total. The van der Waals surface area contributed by atoms with E-state index in [1.54, 1.807) is 6.92 Å². The number of nitrogens with zero attached hydrogens (tertiary/aromatic N) is 2. The van der Waals surface area contributed by atoms with Crippen molar-refractivity contribution in [3.8, 4) is 0 Å². The number of halogens is 2. The van der Waals surface area contributed by atoms with E-state index >= 15 is 0 Å². The number of rotatable bonds is 5. The summed E-state index contributed by atoms with van der Waals surface area (Å²) in [6.45, 7) is 1.83. The van der Waals surface area contributed by atoms with Crippen molar-refractivity contribution in [3.05, 3.63) is 41.0 Å². The fourth-order valence-corrected chi connectivity index (χ4v) is 1.60. The maximum atomic E-state index is 13.6. The van der Waals surface area contributed by atoms with Gasteiger partial charge in [-0.25, -0.2) is 13.6 Å². The molecule has 0 saturated carbocycles. The highest BCUT2D eigenvalue weighted by Gasteiger charge is 2.14. The van der Waals surface area contributed by atoms with Gasteiger partial charge in [-0.2, -0.15) is 4.98 Å². The zero-order valence-electron chi connectivity index (χ0n) is 10.5. The van der Waals surface area contributed by atoms with Crippen molar-refractivity contribution < 1.29 is 23.2 Å². The predicted octanol–water partition coefficient (Wildman–Crippen LogP) is 2.01. The fourth-order valence-electron chi connectivity index (χ4n) is 1.60. The minimum absolute atomic E-state index is 0.169. The van der Waals surface area contributed by atoms with Crippen LogP contribution in [0, 0.1) is 18.6 Å². The summed E-state index contributed by atoms with van der Waals surface area (Å²) in [5.74, 6) is -2.51. The Morgan fingerprint density at radius 2 is 2.05 bits per heavy atom. The van der Waals surface area contributed by atoms with Gasteiger partial charge in [-0.3, -0.25) is 0 Å². The molecule has 106 valence electrons. The third-order valence-electron chi connectivity index (χ3n) is 2.50. The van der Waals surface area contributed by atoms with Crippen LogP contribution in [-0.4, -0.2) is 27.8 Å². The summed E-state index contributed by atoms with van der Waals surface area (Å²) >= 11 is 0. The number of hydrogen-bond acceptors (Lipinski definition) is 5. The topological polar surface area (TPSA) is 88.2 Å². The molecule has 8 heteroatoms. The first kappa shape index (κ1) is 13.9. The van der Waals surface area contributed by atoms with E-state index in [-0.39, 0.29) is 12.2 Å². The van der Waals surface area contributed by atoms with E-state index in [0.717, 1.165) is 12.1 Å². The van der Waals surface area contributed by atoms with Gasteiger partial charge in [-0.05, 0) is 19.1 Å². The lowest BCUT2D eigenvalue weighted by Crippen LogP contribution is -2.10. The molecule has 0 unspecified atom stereocenters. The first-order valence-electron chi connectivity index (χ1n) is 5.73. The molecule has 0 fully saturated rings. The van der Waals surface area contributed by atoms with Gasteiger partial charge in [-0.1, -0.05) is 5.16 Å². The van der Waals surface area contributed by atoms with Gasteiger partial charge in [0.2, 0.25) is 5.89 Å². The van der Waals surface area contributed by atoms with E-state index in [1.807, 2.05) is 0 Å². The van der Waals surface area contributed by atoms with E-state index in [9.17, 15) is 13.6 Å². The van der Waals surface area contributed by atoms with Crippen molar-refractivity contribution in [3.63, 3.8) is 0 Å². The van der Waals surface area contributed by atoms with Gasteiger partial charge in [0.15, 0.2) is 5.82 Å². The summed E-state index contributed by atoms with van der Waals surface area (Å²) < 4.78 is 32.0. The first-order chi connectivity index (χ1) is 9.47. The lowest BCUT2D eigenvalue weighted by Gasteiger charge is -2.08. The summed E-state index contributed by atoms with van der Waals surface area (Å²) in [4.78, 5) is 14.6. The van der Waals surface area contributed by atoms with Gasteiger partial charge in [0.25, 0.3) is 0 Å². The molecule has 1 aromatic heterocycles. The fraction of sp³-hybridized carbons (Fsp3) is 0.250. The Morgan fingerprint density at radius 3 is 2.55 bits per heavy atom. The number of anilines is 1. The van der Waals surface area contributed by atoms with E-state index in [0.29, 0.717) is 18.1 Å². The minimum atomic E-state index is -1.39. The van der Waals surface area contributed by atoms with Gasteiger partial charge in [0, 0.05) is 13.0 Å². The largest absolute Gasteiger partial charge is 0.478 e. The summed E-state index contributed by atoms with van der Waals surface area (Å²) in [5.41, 5.74) is -0.829. The number of hydrogen-bond donors (Lipinski definition) is 2. The molecule has 0 radical (unpaired) electrons. The Bertz CT molecular complexity index is 620. The smallest absolute Gasteiger partial charge is 0.335 e. The maximum absolute atomic E-state index is 13.6. The number of carboxylic acids is 1. The molecule has 0 saturated heterocycles. The van der Waals surface area contributed by atoms with Crippen molar-refractivity contribution in [2.75, 3.05) is 11.9 Å². The zero-order chi connectivity index (χ0) is 14.7. The molecule has 0 spiro atoms. The minimum Gasteiger partial charge on any atom is -0.478 e. The number of carbonyl (C=O) groups is 1. The van der Waals surface area contributed by atoms with Crippen LogP contribution < -0.4 is 5.32 Å². The Hall–Kier alpha value is -2.51. The number of aryl methyl sites for hydroxylation is 1. The van der Waals surface area contributed by atoms with Crippen molar-refractivity contribution in [1.82, 2.24) is 10.1 Å². The number of aromatic nitrogens is 2. The van der Waals surface area contributed by atoms with E-state index in [4.69, 9.17) is 9.63 Å². The molecule has 1 aromatic carbocycles. The average Bonchev–Trinajstić information content (AvgIpc) is 2.78. The van der Waals surface area contributed by atoms with Crippen molar-refractivity contribution in [2.24, 2.45) is 0 Å². The van der Waals surface area contributed by atoms with Crippen LogP contribution in [0.25, 0.3) is 0 Å². The molecule has 1 heterocycles. The maximum Gasteiger partial charge on any atom is 0.335 e. The second kappa shape index (κ2) is 5.64. The van der Waals surface area contributed by atoms with Crippen LogP contribution in [0.5, 0.6) is 0 Å². The van der Waals surface area contributed by atoms with Gasteiger partial charge >= 0.3 is 5.97 Å². The average molecular weight is 283 g/mol. The Morgan fingerprint density at radius 1 is 1.40 bits per heavy atom. The number of benzene rings is 1. The monoisotopic (exact) mass is 283 g/mol. The van der Waals surface area contributed by atoms with Gasteiger partial charge in [0.05, 0.1) is 5.56 Å². The number of nitrogens with one attached hydrogen (secondary N) is 1. The molecule has 0 amide bonds. The highest BCUT2D eigenvalue weighted by atomic mass is 19.1. The molecular weight excluding hydrogens is 272 g/mol. The highest BCUT2D eigenvalue weighted by Crippen LogP contribution is 2.20. The second-order valence-electron chi connectivity index (χ2n) is 4.03. The third-order valence-corrected chi connectivity index (χ3v) is 2.50. The number of aromatic carboxylic acids is 1. The van der Waals surface area contributed by atoms with Crippen molar-refractivity contribution in [2.45, 2.75) is 13.3 Å². The van der Waals surface area contributed by atoms with Crippen LogP contribution in [0.3, 0.4) is 0 Å². The predicted molar refractivity (Wildman–Crippen MR) is 64.5 cm³/mol. The second-order valence-corrected chi connectivity index (χ2v) is 4.03. The summed E-state index contributed by atoms with van der Waals surface area (Å²) in [6.07, 6.45) is 0.292. The summed E-state index contributed by atoms with van der Waals surface area (Å²) in [7, 11) is 0. The molecule has 0 atom stereocenters. The summed E-state index contributed by atoms with van der Waals surface area (Å²) in [6, 6.07) is 1.51. The van der Waals surface area contributed by atoms with Gasteiger partial charge in [-0.15, -0.1) is 0 Å². The van der Waals surface area contributed by atoms with Gasteiger partial charge in [0.1, 0.15) is 17.3 Å². The SMILES string of the molecule is Cc1noc(CCNc2c(F)cc(C(=O)O)cc2F)n1. The van der Waals surface area contributed by atoms with Crippen molar-refractivity contribution in [1.29, 1.82) is 0 Å². The lowest BCUT2D eigenvalue weighted by atomic mass is 10.2. The Kier molecular flexibility index (Phi) is 3.92. The Labute approximate surface area is 112 Å². The Balaban J connectivity index is 2.04. The molecule has 0 aliphatic rings. The van der Waals surface area contributed by atoms with Crippen molar-refractivity contribution >= 4 is 11.7 Å². The van der Waals surface area contributed by atoms with Gasteiger partial charge < -0.3 is 14.9 Å². The normalized spacial score (nSPS) is 10.6. The van der Waals surface area contributed by atoms with E-state index in [2.05, 4.69) is 15.5 Å². The number of carboxylic acid groups (broad SMARTS) is 1. The molecule has 2 N–H and O–H groups in total. The highest BCUT2D eigenvalue weighted by molar-refractivity contribution is 5.88. The van der Waals surface area contributed by atoms with E-state index < -0.39 is 23.2 Å². The lowest BCUT2D eigenvalue weighted by molar-refractivity contribution is 0.0696. The molecule has 2 rings (SSSR count). The van der Waals surface area contributed by atoms with Crippen LogP contribution in [-0.2, 0) is 6.42 Å². The quantitative estimate of drug-likeness (QED) is 0.872. The summed E-state index contributed by atoms with van der Waals surface area (Å²) in [5, 5.41) is 14.8. The molecule has 20 heavy (non-hydrogen) atoms. The molecule has 0 bridgehead atoms. The molecule has 0 aliphatic heterocycles. The molecule has 2 aromatic rings. The van der Waals surface area contributed by atoms with E-state index in [1.165, 1.54) is 0 Å². The van der Waals surface area contributed by atoms with Crippen LogP contribution in [0.2, 0.25) is 0 Å². The standard InChI is InChI=1S/C12H11F2N3O3/c1-6-16-10(20-17-6)2-3-15-11-8(13)4-7(12(18)19)5-9(11)14/h4-5,15H,2-3H2,1H3,(H,18,19).